The van der Waals surface area contributed by atoms with Gasteiger partial charge < -0.3 is 4.98 Å². The van der Waals surface area contributed by atoms with Crippen LogP contribution < -0.4 is 0 Å². The molecule has 31 heavy (non-hydrogen) atoms. The molecule has 158 valence electrons. The fraction of sp³-hybridized carbons (Fsp3) is 0.346. The lowest BCUT2D eigenvalue weighted by Gasteiger charge is -2.32. The molecule has 0 bridgehead atoms. The van der Waals surface area contributed by atoms with Crippen LogP contribution >= 0.6 is 0 Å². The molecule has 5 rings (SSSR count). The van der Waals surface area contributed by atoms with Crippen LogP contribution in [0.5, 0.6) is 0 Å². The average Bonchev–Trinajstić information content (AvgIpc) is 3.21. The number of halogens is 1. The molecule has 0 spiro atoms. The van der Waals surface area contributed by atoms with Gasteiger partial charge in [-0.05, 0) is 92.5 Å². The minimum absolute atomic E-state index is 0.0629. The summed E-state index contributed by atoms with van der Waals surface area (Å²) in [5.41, 5.74) is 4.62. The van der Waals surface area contributed by atoms with Crippen molar-refractivity contribution < 1.29 is 9.18 Å². The van der Waals surface area contributed by atoms with Gasteiger partial charge in [-0.1, -0.05) is 6.92 Å². The van der Waals surface area contributed by atoms with Crippen molar-refractivity contribution in [3.63, 3.8) is 0 Å². The quantitative estimate of drug-likeness (QED) is 0.386. The number of nitrogens with one attached hydrogen (secondary N) is 1. The van der Waals surface area contributed by atoms with Gasteiger partial charge in [0.05, 0.1) is 16.6 Å². The largest absolute Gasteiger partial charge is 0.342 e. The van der Waals surface area contributed by atoms with Crippen molar-refractivity contribution in [3.8, 4) is 0 Å². The Hall–Kier alpha value is -3.08. The minimum atomic E-state index is -0.207. The van der Waals surface area contributed by atoms with E-state index in [0.717, 1.165) is 53.4 Å². The van der Waals surface area contributed by atoms with E-state index >= 15 is 0 Å². The first kappa shape index (κ1) is 19.9. The predicted molar refractivity (Wildman–Crippen MR) is 121 cm³/mol. The number of aromatic nitrogens is 3. The number of ketones is 1. The third-order valence-corrected chi connectivity index (χ3v) is 6.99. The molecule has 2 aromatic carbocycles. The van der Waals surface area contributed by atoms with Crippen LogP contribution in [-0.4, -0.2) is 20.7 Å². The number of nitrogens with zero attached hydrogens (tertiary/aromatic N) is 2. The third-order valence-electron chi connectivity index (χ3n) is 6.99. The van der Waals surface area contributed by atoms with Crippen molar-refractivity contribution in [1.82, 2.24) is 15.0 Å². The van der Waals surface area contributed by atoms with Crippen LogP contribution in [0.2, 0.25) is 0 Å². The number of rotatable bonds is 4. The zero-order valence-corrected chi connectivity index (χ0v) is 17.9. The van der Waals surface area contributed by atoms with Gasteiger partial charge in [-0.2, -0.15) is 0 Å². The summed E-state index contributed by atoms with van der Waals surface area (Å²) in [7, 11) is 0. The second-order valence-electron chi connectivity index (χ2n) is 8.87. The van der Waals surface area contributed by atoms with E-state index in [9.17, 15) is 9.18 Å². The van der Waals surface area contributed by atoms with E-state index < -0.39 is 0 Å². The summed E-state index contributed by atoms with van der Waals surface area (Å²) in [5.74, 6) is 2.16. The number of aromatic amines is 1. The van der Waals surface area contributed by atoms with E-state index in [0.29, 0.717) is 23.3 Å². The van der Waals surface area contributed by atoms with Crippen molar-refractivity contribution in [2.45, 2.75) is 51.4 Å². The molecule has 2 heterocycles. The van der Waals surface area contributed by atoms with Gasteiger partial charge >= 0.3 is 0 Å². The van der Waals surface area contributed by atoms with Gasteiger partial charge in [-0.15, -0.1) is 0 Å². The Kier molecular flexibility index (Phi) is 5.05. The van der Waals surface area contributed by atoms with E-state index in [1.807, 2.05) is 24.4 Å². The zero-order chi connectivity index (χ0) is 21.5. The highest BCUT2D eigenvalue weighted by atomic mass is 19.1. The average molecular weight is 416 g/mol. The van der Waals surface area contributed by atoms with E-state index in [2.05, 4.69) is 23.0 Å². The third kappa shape index (κ3) is 3.73. The highest BCUT2D eigenvalue weighted by molar-refractivity contribution is 5.97. The van der Waals surface area contributed by atoms with Gasteiger partial charge in [-0.3, -0.25) is 9.78 Å². The van der Waals surface area contributed by atoms with Gasteiger partial charge in [0.1, 0.15) is 11.6 Å². The maximum absolute atomic E-state index is 13.8. The fourth-order valence-electron chi connectivity index (χ4n) is 5.11. The Morgan fingerprint density at radius 2 is 1.84 bits per heavy atom. The van der Waals surface area contributed by atoms with Crippen LogP contribution in [0.4, 0.5) is 4.39 Å². The zero-order valence-electron chi connectivity index (χ0n) is 17.9. The molecule has 0 saturated heterocycles. The number of pyridine rings is 1. The Bertz CT molecular complexity index is 1270. The number of carbonyl (C=O) groups excluding carboxylic acids is 1. The second kappa shape index (κ2) is 7.88. The molecule has 1 saturated carbocycles. The molecule has 2 aromatic heterocycles. The lowest BCUT2D eigenvalue weighted by atomic mass is 9.73. The topological polar surface area (TPSA) is 58.6 Å². The molecule has 4 aromatic rings. The number of hydrogen-bond acceptors (Lipinski definition) is 3. The molecule has 1 fully saturated rings. The first-order chi connectivity index (χ1) is 15.0. The monoisotopic (exact) mass is 415 g/mol. The van der Waals surface area contributed by atoms with E-state index in [1.54, 1.807) is 19.1 Å². The first-order valence-electron chi connectivity index (χ1n) is 11.0. The minimum Gasteiger partial charge on any atom is -0.342 e. The fourth-order valence-corrected chi connectivity index (χ4v) is 5.11. The second-order valence-corrected chi connectivity index (χ2v) is 8.87. The highest BCUT2D eigenvalue weighted by Crippen LogP contribution is 2.43. The van der Waals surface area contributed by atoms with Crippen LogP contribution in [0.1, 0.15) is 73.1 Å². The summed E-state index contributed by atoms with van der Waals surface area (Å²) in [6.07, 6.45) is 6.23. The molecule has 4 nitrogen and oxygen atoms in total. The van der Waals surface area contributed by atoms with Crippen LogP contribution in [0.15, 0.2) is 48.7 Å². The molecule has 0 amide bonds. The number of fused-ring (bicyclic) bond motifs is 2. The molecule has 1 N–H and O–H groups in total. The Morgan fingerprint density at radius 1 is 1.06 bits per heavy atom. The number of Topliss-reactive ketones (excluding diaryl/α,β-unsaturated/α-hetero) is 1. The van der Waals surface area contributed by atoms with Gasteiger partial charge in [0.15, 0.2) is 5.78 Å². The summed E-state index contributed by atoms with van der Waals surface area (Å²) >= 11 is 0. The standard InChI is InChI=1S/C26H26FN3O/c1-15(26-29-24-9-7-19(16(2)31)13-25(24)30-26)17-3-5-18(6-4-17)21-11-12-28-23-10-8-20(27)14-22(21)23/h7-15,17-18H,3-6H2,1-2H3,(H,29,30)/t15-,17?,18?/m1/s1. The SMILES string of the molecule is CC(=O)c1ccc2nc([C@H](C)C3CCC(c4ccnc5ccc(F)cc45)CC3)[nH]c2c1. The van der Waals surface area contributed by atoms with Crippen LogP contribution in [-0.2, 0) is 0 Å². The van der Waals surface area contributed by atoms with Gasteiger partial charge in [0, 0.05) is 23.1 Å². The predicted octanol–water partition coefficient (Wildman–Crippen LogP) is 6.53. The Labute approximate surface area is 180 Å². The number of H-pyrrole nitrogens is 1. The molecular formula is C26H26FN3O. The van der Waals surface area contributed by atoms with E-state index in [-0.39, 0.29) is 11.6 Å². The Balaban J connectivity index is 1.33. The first-order valence-corrected chi connectivity index (χ1v) is 11.0. The number of benzene rings is 2. The van der Waals surface area contributed by atoms with Gasteiger partial charge in [0.25, 0.3) is 0 Å². The van der Waals surface area contributed by atoms with Crippen LogP contribution in [0.3, 0.4) is 0 Å². The molecule has 0 aliphatic heterocycles. The number of hydrogen-bond donors (Lipinski definition) is 1. The molecule has 1 aliphatic carbocycles. The van der Waals surface area contributed by atoms with Crippen LogP contribution in [0.25, 0.3) is 21.9 Å². The normalized spacial score (nSPS) is 20.2. The molecule has 0 radical (unpaired) electrons. The number of imidazole rings is 1. The lowest BCUT2D eigenvalue weighted by molar-refractivity contribution is 0.101. The summed E-state index contributed by atoms with van der Waals surface area (Å²) in [6.45, 7) is 3.83. The molecule has 1 atom stereocenters. The van der Waals surface area contributed by atoms with Crippen molar-refractivity contribution in [2.24, 2.45) is 5.92 Å². The summed E-state index contributed by atoms with van der Waals surface area (Å²) in [4.78, 5) is 24.3. The summed E-state index contributed by atoms with van der Waals surface area (Å²) < 4.78 is 13.8. The maximum Gasteiger partial charge on any atom is 0.159 e. The van der Waals surface area contributed by atoms with Crippen molar-refractivity contribution >= 4 is 27.7 Å². The summed E-state index contributed by atoms with van der Waals surface area (Å²) in [6, 6.07) is 12.6. The van der Waals surface area contributed by atoms with Crippen LogP contribution in [0, 0.1) is 11.7 Å². The molecule has 5 heteroatoms. The number of carbonyl (C=O) groups is 1. The van der Waals surface area contributed by atoms with Gasteiger partial charge in [-0.25, -0.2) is 9.37 Å². The molecule has 0 unspecified atom stereocenters. The highest BCUT2D eigenvalue weighted by Gasteiger charge is 2.29. The van der Waals surface area contributed by atoms with E-state index in [4.69, 9.17) is 4.98 Å². The van der Waals surface area contributed by atoms with Crippen molar-refractivity contribution in [2.75, 3.05) is 0 Å². The molecule has 1 aliphatic rings. The summed E-state index contributed by atoms with van der Waals surface area (Å²) in [5, 5.41) is 0.942. The lowest BCUT2D eigenvalue weighted by Crippen LogP contribution is -2.19. The Morgan fingerprint density at radius 3 is 2.61 bits per heavy atom. The van der Waals surface area contributed by atoms with E-state index in [1.165, 1.54) is 11.6 Å². The van der Waals surface area contributed by atoms with Crippen molar-refractivity contribution in [3.05, 3.63) is 71.4 Å². The maximum atomic E-state index is 13.8. The molecular weight excluding hydrogens is 389 g/mol. The smallest absolute Gasteiger partial charge is 0.159 e. The van der Waals surface area contributed by atoms with Crippen molar-refractivity contribution in [1.29, 1.82) is 0 Å². The van der Waals surface area contributed by atoms with Gasteiger partial charge in [0.2, 0.25) is 0 Å².